The molecule has 3 nitrogen and oxygen atoms in total. The Hall–Kier alpha value is -2.30. The summed E-state index contributed by atoms with van der Waals surface area (Å²) in [6.07, 6.45) is 0. The molecule has 0 spiro atoms. The molecule has 23 heavy (non-hydrogen) atoms. The number of amides is 2. The van der Waals surface area contributed by atoms with E-state index in [0.29, 0.717) is 10.7 Å². The highest BCUT2D eigenvalue weighted by Crippen LogP contribution is 2.26. The van der Waals surface area contributed by atoms with Gasteiger partial charge in [-0.1, -0.05) is 48.0 Å². The van der Waals surface area contributed by atoms with Crippen molar-refractivity contribution in [2.24, 2.45) is 0 Å². The number of rotatable bonds is 4. The second-order valence-corrected chi connectivity index (χ2v) is 6.38. The van der Waals surface area contributed by atoms with Gasteiger partial charge in [0.15, 0.2) is 0 Å². The van der Waals surface area contributed by atoms with E-state index in [-0.39, 0.29) is 12.1 Å². The van der Waals surface area contributed by atoms with Crippen molar-refractivity contribution in [1.82, 2.24) is 5.32 Å². The number of carbonyl (C=O) groups is 1. The fraction of sp³-hybridized carbons (Fsp3) is 0.0556. The number of carbonyl (C=O) groups excluding carboxylic acids is 1. The predicted molar refractivity (Wildman–Crippen MR) is 96.2 cm³/mol. The number of hydrogen-bond acceptors (Lipinski definition) is 2. The van der Waals surface area contributed by atoms with Gasteiger partial charge in [-0.15, -0.1) is 11.3 Å². The van der Waals surface area contributed by atoms with Gasteiger partial charge in [-0.25, -0.2) is 4.79 Å². The minimum atomic E-state index is -0.255. The lowest BCUT2D eigenvalue weighted by molar-refractivity contribution is 0.250. The van der Waals surface area contributed by atoms with Crippen LogP contribution in [-0.2, 0) is 0 Å². The van der Waals surface area contributed by atoms with Gasteiger partial charge in [0.1, 0.15) is 0 Å². The first-order chi connectivity index (χ1) is 11.2. The average molecular weight is 343 g/mol. The summed E-state index contributed by atoms with van der Waals surface area (Å²) in [5.74, 6) is 0. The Labute approximate surface area is 143 Å². The normalized spacial score (nSPS) is 11.7. The maximum atomic E-state index is 12.3. The lowest BCUT2D eigenvalue weighted by Crippen LogP contribution is -2.32. The summed E-state index contributed by atoms with van der Waals surface area (Å²) in [6, 6.07) is 20.5. The van der Waals surface area contributed by atoms with Crippen LogP contribution in [0.2, 0.25) is 5.02 Å². The molecular weight excluding hydrogens is 328 g/mol. The van der Waals surface area contributed by atoms with Gasteiger partial charge >= 0.3 is 6.03 Å². The van der Waals surface area contributed by atoms with E-state index >= 15 is 0 Å². The second kappa shape index (κ2) is 7.31. The number of urea groups is 1. The van der Waals surface area contributed by atoms with Crippen LogP contribution in [0, 0.1) is 0 Å². The molecule has 0 saturated carbocycles. The van der Waals surface area contributed by atoms with E-state index in [1.807, 2.05) is 47.8 Å². The zero-order chi connectivity index (χ0) is 16.1. The summed E-state index contributed by atoms with van der Waals surface area (Å²) in [5, 5.41) is 8.49. The van der Waals surface area contributed by atoms with Crippen molar-refractivity contribution in [2.45, 2.75) is 6.04 Å². The molecule has 116 valence electrons. The van der Waals surface area contributed by atoms with Crippen molar-refractivity contribution in [3.63, 3.8) is 0 Å². The maximum Gasteiger partial charge on any atom is 0.320 e. The minimum Gasteiger partial charge on any atom is -0.326 e. The lowest BCUT2D eigenvalue weighted by Gasteiger charge is -2.18. The fourth-order valence-electron chi connectivity index (χ4n) is 2.25. The quantitative estimate of drug-likeness (QED) is 0.662. The van der Waals surface area contributed by atoms with Gasteiger partial charge in [-0.05, 0) is 41.3 Å². The molecule has 0 bridgehead atoms. The molecule has 0 radical (unpaired) electrons. The Bertz CT molecular complexity index is 757. The standard InChI is InChI=1S/C18H15ClN2OS/c19-14-8-10-15(11-9-14)20-18(22)21-17(16-7-4-12-23-16)13-5-2-1-3-6-13/h1-12,17H,(H2,20,21,22). The summed E-state index contributed by atoms with van der Waals surface area (Å²) in [6.45, 7) is 0. The molecule has 2 N–H and O–H groups in total. The molecule has 2 amide bonds. The van der Waals surface area contributed by atoms with Gasteiger partial charge in [-0.3, -0.25) is 0 Å². The Morgan fingerprint density at radius 2 is 1.70 bits per heavy atom. The van der Waals surface area contributed by atoms with E-state index < -0.39 is 0 Å². The van der Waals surface area contributed by atoms with Crippen LogP contribution in [0.3, 0.4) is 0 Å². The molecule has 0 aliphatic heterocycles. The topological polar surface area (TPSA) is 41.1 Å². The first-order valence-corrected chi connectivity index (χ1v) is 8.39. The molecule has 2 aromatic carbocycles. The number of halogens is 1. The van der Waals surface area contributed by atoms with Gasteiger partial charge in [-0.2, -0.15) is 0 Å². The van der Waals surface area contributed by atoms with Gasteiger partial charge in [0, 0.05) is 15.6 Å². The highest BCUT2D eigenvalue weighted by molar-refractivity contribution is 7.10. The predicted octanol–water partition coefficient (Wildman–Crippen LogP) is 5.31. The summed E-state index contributed by atoms with van der Waals surface area (Å²) < 4.78 is 0. The summed E-state index contributed by atoms with van der Waals surface area (Å²) in [7, 11) is 0. The number of thiophene rings is 1. The van der Waals surface area contributed by atoms with E-state index in [1.165, 1.54) is 0 Å². The molecule has 1 heterocycles. The monoisotopic (exact) mass is 342 g/mol. The van der Waals surface area contributed by atoms with Crippen LogP contribution in [0.4, 0.5) is 10.5 Å². The van der Waals surface area contributed by atoms with Crippen LogP contribution in [0.1, 0.15) is 16.5 Å². The van der Waals surface area contributed by atoms with E-state index in [2.05, 4.69) is 10.6 Å². The minimum absolute atomic E-state index is 0.177. The third kappa shape index (κ3) is 4.12. The number of hydrogen-bond donors (Lipinski definition) is 2. The summed E-state index contributed by atoms with van der Waals surface area (Å²) in [5.41, 5.74) is 1.74. The Morgan fingerprint density at radius 1 is 0.957 bits per heavy atom. The highest BCUT2D eigenvalue weighted by atomic mass is 35.5. The zero-order valence-corrected chi connectivity index (χ0v) is 13.8. The molecular formula is C18H15ClN2OS. The lowest BCUT2D eigenvalue weighted by atomic mass is 10.1. The molecule has 0 fully saturated rings. The molecule has 1 aromatic heterocycles. The first kappa shape index (κ1) is 15.6. The van der Waals surface area contributed by atoms with Gasteiger partial charge < -0.3 is 10.6 Å². The Balaban J connectivity index is 1.76. The molecule has 1 unspecified atom stereocenters. The van der Waals surface area contributed by atoms with Crippen molar-refractivity contribution in [3.05, 3.63) is 87.6 Å². The Kier molecular flexibility index (Phi) is 4.95. The first-order valence-electron chi connectivity index (χ1n) is 7.14. The molecule has 1 atom stereocenters. The molecule has 3 rings (SSSR count). The van der Waals surface area contributed by atoms with E-state index in [9.17, 15) is 4.79 Å². The van der Waals surface area contributed by atoms with Crippen molar-refractivity contribution in [3.8, 4) is 0 Å². The maximum absolute atomic E-state index is 12.3. The molecule has 0 saturated heterocycles. The van der Waals surface area contributed by atoms with Crippen LogP contribution in [0.25, 0.3) is 0 Å². The Morgan fingerprint density at radius 3 is 2.35 bits per heavy atom. The van der Waals surface area contributed by atoms with Crippen LogP contribution in [0.5, 0.6) is 0 Å². The smallest absolute Gasteiger partial charge is 0.320 e. The fourth-order valence-corrected chi connectivity index (χ4v) is 3.18. The van der Waals surface area contributed by atoms with Crippen LogP contribution < -0.4 is 10.6 Å². The number of nitrogens with one attached hydrogen (secondary N) is 2. The highest BCUT2D eigenvalue weighted by Gasteiger charge is 2.17. The molecule has 5 heteroatoms. The molecule has 3 aromatic rings. The van der Waals surface area contributed by atoms with Crippen molar-refractivity contribution in [1.29, 1.82) is 0 Å². The molecule has 0 aliphatic carbocycles. The van der Waals surface area contributed by atoms with E-state index in [4.69, 9.17) is 11.6 Å². The van der Waals surface area contributed by atoms with Crippen molar-refractivity contribution >= 4 is 34.7 Å². The van der Waals surface area contributed by atoms with Gasteiger partial charge in [0.25, 0.3) is 0 Å². The zero-order valence-electron chi connectivity index (χ0n) is 12.2. The third-order valence-corrected chi connectivity index (χ3v) is 4.53. The summed E-state index contributed by atoms with van der Waals surface area (Å²) in [4.78, 5) is 13.4. The van der Waals surface area contributed by atoms with Crippen LogP contribution in [0.15, 0.2) is 72.1 Å². The SMILES string of the molecule is O=C(Nc1ccc(Cl)cc1)NC(c1ccccc1)c1cccs1. The van der Waals surface area contributed by atoms with Gasteiger partial charge in [0.05, 0.1) is 6.04 Å². The van der Waals surface area contributed by atoms with E-state index in [1.54, 1.807) is 35.6 Å². The van der Waals surface area contributed by atoms with Crippen molar-refractivity contribution < 1.29 is 4.79 Å². The van der Waals surface area contributed by atoms with Crippen molar-refractivity contribution in [2.75, 3.05) is 5.32 Å². The average Bonchev–Trinajstić information content (AvgIpc) is 3.10. The molecule has 0 aliphatic rings. The third-order valence-electron chi connectivity index (χ3n) is 3.34. The largest absolute Gasteiger partial charge is 0.326 e. The van der Waals surface area contributed by atoms with Gasteiger partial charge in [0.2, 0.25) is 0 Å². The van der Waals surface area contributed by atoms with E-state index in [0.717, 1.165) is 10.4 Å². The summed E-state index contributed by atoms with van der Waals surface area (Å²) >= 11 is 7.47. The second-order valence-electron chi connectivity index (χ2n) is 4.96. The van der Waals surface area contributed by atoms with Crippen LogP contribution >= 0.6 is 22.9 Å². The van der Waals surface area contributed by atoms with Crippen LogP contribution in [-0.4, -0.2) is 6.03 Å². The number of benzene rings is 2. The number of anilines is 1.